The van der Waals surface area contributed by atoms with Crippen LogP contribution in [0.15, 0.2) is 42.5 Å². The number of carboxylic acids is 1. The molecule has 5 heteroatoms. The molecule has 0 spiro atoms. The van der Waals surface area contributed by atoms with Gasteiger partial charge in [-0.2, -0.15) is 0 Å². The summed E-state index contributed by atoms with van der Waals surface area (Å²) in [6.07, 6.45) is 0.762. The number of nitrogens with one attached hydrogen (secondary N) is 1. The Balaban J connectivity index is 1.92. The molecule has 0 aliphatic carbocycles. The standard InChI is InChI=1S/C18H17NO4/c1-18(2)10-11-6-5-9-14(15(11)23-18)19-16(20)12-7-3-4-8-13(12)17(21)22/h3-9H,10H2,1-2H3,(H,19,20)(H,21,22). The molecule has 5 nitrogen and oxygen atoms in total. The molecule has 118 valence electrons. The molecule has 0 radical (unpaired) electrons. The Bertz CT molecular complexity index is 795. The minimum Gasteiger partial charge on any atom is -0.485 e. The Hall–Kier alpha value is -2.82. The third-order valence-electron chi connectivity index (χ3n) is 3.74. The highest BCUT2D eigenvalue weighted by Crippen LogP contribution is 2.40. The number of fused-ring (bicyclic) bond motifs is 1. The maximum Gasteiger partial charge on any atom is 0.336 e. The maximum atomic E-state index is 12.5. The third-order valence-corrected chi connectivity index (χ3v) is 3.74. The smallest absolute Gasteiger partial charge is 0.336 e. The van der Waals surface area contributed by atoms with E-state index < -0.39 is 11.9 Å². The van der Waals surface area contributed by atoms with E-state index >= 15 is 0 Å². The monoisotopic (exact) mass is 311 g/mol. The van der Waals surface area contributed by atoms with Gasteiger partial charge < -0.3 is 15.2 Å². The van der Waals surface area contributed by atoms with Crippen molar-refractivity contribution >= 4 is 17.6 Å². The van der Waals surface area contributed by atoms with E-state index in [1.54, 1.807) is 18.2 Å². The Kier molecular flexibility index (Phi) is 3.56. The van der Waals surface area contributed by atoms with Crippen molar-refractivity contribution in [3.63, 3.8) is 0 Å². The molecule has 0 bridgehead atoms. The van der Waals surface area contributed by atoms with Gasteiger partial charge in [0.05, 0.1) is 16.8 Å². The number of hydrogen-bond acceptors (Lipinski definition) is 3. The third kappa shape index (κ3) is 2.90. The first-order valence-electron chi connectivity index (χ1n) is 7.32. The number of para-hydroxylation sites is 1. The molecular weight excluding hydrogens is 294 g/mol. The molecule has 1 aliphatic heterocycles. The van der Waals surface area contributed by atoms with E-state index in [1.165, 1.54) is 12.1 Å². The second-order valence-electron chi connectivity index (χ2n) is 6.14. The SMILES string of the molecule is CC1(C)Cc2cccc(NC(=O)c3ccccc3C(=O)O)c2O1. The summed E-state index contributed by atoms with van der Waals surface area (Å²) in [5.74, 6) is -0.949. The fourth-order valence-electron chi connectivity index (χ4n) is 2.77. The number of anilines is 1. The van der Waals surface area contributed by atoms with Gasteiger partial charge in [0.15, 0.2) is 0 Å². The van der Waals surface area contributed by atoms with E-state index in [2.05, 4.69) is 5.32 Å². The molecule has 0 fully saturated rings. The summed E-state index contributed by atoms with van der Waals surface area (Å²) in [5.41, 5.74) is 1.36. The minimum absolute atomic E-state index is 0.0289. The molecule has 1 amide bonds. The summed E-state index contributed by atoms with van der Waals surface area (Å²) in [5, 5.41) is 12.0. The van der Waals surface area contributed by atoms with Gasteiger partial charge in [-0.15, -0.1) is 0 Å². The summed E-state index contributed by atoms with van der Waals surface area (Å²) in [6, 6.07) is 11.7. The molecular formula is C18H17NO4. The van der Waals surface area contributed by atoms with Crippen LogP contribution in [0.2, 0.25) is 0 Å². The molecule has 2 N–H and O–H groups in total. The van der Waals surface area contributed by atoms with Crippen LogP contribution in [-0.2, 0) is 6.42 Å². The number of amides is 1. The summed E-state index contributed by atoms with van der Waals surface area (Å²) in [7, 11) is 0. The van der Waals surface area contributed by atoms with Gasteiger partial charge in [0.25, 0.3) is 5.91 Å². The molecule has 2 aromatic carbocycles. The average Bonchev–Trinajstić information content (AvgIpc) is 2.82. The lowest BCUT2D eigenvalue weighted by molar-refractivity contribution is 0.0692. The number of carbonyl (C=O) groups is 2. The van der Waals surface area contributed by atoms with Crippen molar-refractivity contribution in [1.29, 1.82) is 0 Å². The van der Waals surface area contributed by atoms with Crippen LogP contribution in [-0.4, -0.2) is 22.6 Å². The second-order valence-corrected chi connectivity index (χ2v) is 6.14. The van der Waals surface area contributed by atoms with Crippen molar-refractivity contribution < 1.29 is 19.4 Å². The van der Waals surface area contributed by atoms with Gasteiger partial charge in [0, 0.05) is 12.0 Å². The number of aromatic carboxylic acids is 1. The van der Waals surface area contributed by atoms with Crippen LogP contribution in [0.25, 0.3) is 0 Å². The molecule has 2 aromatic rings. The Morgan fingerprint density at radius 1 is 1.09 bits per heavy atom. The molecule has 1 heterocycles. The number of hydrogen-bond donors (Lipinski definition) is 2. The van der Waals surface area contributed by atoms with E-state index in [0.29, 0.717) is 11.4 Å². The van der Waals surface area contributed by atoms with Crippen molar-refractivity contribution in [3.05, 3.63) is 59.2 Å². The Morgan fingerprint density at radius 2 is 1.78 bits per heavy atom. The molecule has 0 unspecified atom stereocenters. The second kappa shape index (κ2) is 5.43. The summed E-state index contributed by atoms with van der Waals surface area (Å²) in [6.45, 7) is 3.97. The maximum absolute atomic E-state index is 12.5. The topological polar surface area (TPSA) is 75.6 Å². The highest BCUT2D eigenvalue weighted by atomic mass is 16.5. The van der Waals surface area contributed by atoms with Gasteiger partial charge >= 0.3 is 5.97 Å². The zero-order valence-corrected chi connectivity index (χ0v) is 12.9. The van der Waals surface area contributed by atoms with Gasteiger partial charge in [-0.25, -0.2) is 4.79 Å². The zero-order valence-electron chi connectivity index (χ0n) is 12.9. The van der Waals surface area contributed by atoms with Crippen LogP contribution in [0.5, 0.6) is 5.75 Å². The summed E-state index contributed by atoms with van der Waals surface area (Å²) >= 11 is 0. The highest BCUT2D eigenvalue weighted by Gasteiger charge is 2.32. The van der Waals surface area contributed by atoms with Crippen LogP contribution in [0, 0.1) is 0 Å². The van der Waals surface area contributed by atoms with Gasteiger partial charge in [-0.1, -0.05) is 24.3 Å². The number of rotatable bonds is 3. The fourth-order valence-corrected chi connectivity index (χ4v) is 2.77. The van der Waals surface area contributed by atoms with E-state index in [1.807, 2.05) is 26.0 Å². The van der Waals surface area contributed by atoms with Gasteiger partial charge in [-0.3, -0.25) is 4.79 Å². The lowest BCUT2D eigenvalue weighted by Gasteiger charge is -2.18. The van der Waals surface area contributed by atoms with Crippen molar-refractivity contribution in [2.75, 3.05) is 5.32 Å². The largest absolute Gasteiger partial charge is 0.485 e. The average molecular weight is 311 g/mol. The van der Waals surface area contributed by atoms with Crippen molar-refractivity contribution in [1.82, 2.24) is 0 Å². The summed E-state index contributed by atoms with van der Waals surface area (Å²) < 4.78 is 5.91. The van der Waals surface area contributed by atoms with Gasteiger partial charge in [0.1, 0.15) is 11.4 Å². The van der Waals surface area contributed by atoms with Crippen LogP contribution in [0.3, 0.4) is 0 Å². The van der Waals surface area contributed by atoms with Crippen LogP contribution >= 0.6 is 0 Å². The predicted molar refractivity (Wildman–Crippen MR) is 86.2 cm³/mol. The van der Waals surface area contributed by atoms with E-state index in [4.69, 9.17) is 4.74 Å². The first-order valence-corrected chi connectivity index (χ1v) is 7.32. The molecule has 0 saturated heterocycles. The van der Waals surface area contributed by atoms with Crippen LogP contribution < -0.4 is 10.1 Å². The van der Waals surface area contributed by atoms with Crippen molar-refractivity contribution in [3.8, 4) is 5.75 Å². The zero-order chi connectivity index (χ0) is 16.6. The van der Waals surface area contributed by atoms with Crippen molar-refractivity contribution in [2.45, 2.75) is 25.9 Å². The molecule has 0 atom stereocenters. The van der Waals surface area contributed by atoms with E-state index in [-0.39, 0.29) is 16.7 Å². The van der Waals surface area contributed by atoms with E-state index in [0.717, 1.165) is 12.0 Å². The number of benzene rings is 2. The van der Waals surface area contributed by atoms with E-state index in [9.17, 15) is 14.7 Å². The molecule has 3 rings (SSSR count). The number of carbonyl (C=O) groups excluding carboxylic acids is 1. The quantitative estimate of drug-likeness (QED) is 0.911. The molecule has 0 saturated carbocycles. The predicted octanol–water partition coefficient (Wildman–Crippen LogP) is 3.35. The highest BCUT2D eigenvalue weighted by molar-refractivity contribution is 6.11. The molecule has 23 heavy (non-hydrogen) atoms. The van der Waals surface area contributed by atoms with Gasteiger partial charge in [0.2, 0.25) is 0 Å². The van der Waals surface area contributed by atoms with Gasteiger partial charge in [-0.05, 0) is 32.0 Å². The fraction of sp³-hybridized carbons (Fsp3) is 0.222. The Morgan fingerprint density at radius 3 is 2.48 bits per heavy atom. The lowest BCUT2D eigenvalue weighted by Crippen LogP contribution is -2.25. The first-order chi connectivity index (χ1) is 10.9. The first kappa shape index (κ1) is 15.1. The Labute approximate surface area is 133 Å². The normalized spacial score (nSPS) is 14.7. The van der Waals surface area contributed by atoms with Crippen molar-refractivity contribution in [2.24, 2.45) is 0 Å². The molecule has 0 aromatic heterocycles. The molecule has 1 aliphatic rings. The van der Waals surface area contributed by atoms with Crippen LogP contribution in [0.1, 0.15) is 40.1 Å². The van der Waals surface area contributed by atoms with Crippen LogP contribution in [0.4, 0.5) is 5.69 Å². The lowest BCUT2D eigenvalue weighted by atomic mass is 10.0. The summed E-state index contributed by atoms with van der Waals surface area (Å²) in [4.78, 5) is 23.7. The number of ether oxygens (including phenoxy) is 1. The number of carboxylic acid groups (broad SMARTS) is 1. The minimum atomic E-state index is -1.13.